The van der Waals surface area contributed by atoms with Crippen molar-refractivity contribution in [2.45, 2.75) is 19.1 Å². The fourth-order valence-corrected chi connectivity index (χ4v) is 2.42. The standard InChI is InChI=1S/C13H16FN5/c14-11-4-2-1-3-10(11)12(15)7-18-5-6-19-9-16-17-13(19)8-18/h1-4,9,12H,5-8,15H2. The van der Waals surface area contributed by atoms with Gasteiger partial charge in [0.1, 0.15) is 18.0 Å². The minimum atomic E-state index is -0.323. The molecule has 1 aliphatic heterocycles. The van der Waals surface area contributed by atoms with Gasteiger partial charge in [-0.3, -0.25) is 4.90 Å². The molecular weight excluding hydrogens is 245 g/mol. The molecule has 0 amide bonds. The number of rotatable bonds is 3. The SMILES string of the molecule is NC(CN1CCn2cnnc2C1)c1ccccc1F. The molecule has 0 bridgehead atoms. The lowest BCUT2D eigenvalue weighted by Gasteiger charge is -2.29. The lowest BCUT2D eigenvalue weighted by atomic mass is 10.1. The molecule has 3 rings (SSSR count). The van der Waals surface area contributed by atoms with Gasteiger partial charge in [0.25, 0.3) is 0 Å². The van der Waals surface area contributed by atoms with Crippen molar-refractivity contribution in [1.29, 1.82) is 0 Å². The van der Waals surface area contributed by atoms with E-state index in [1.807, 2.05) is 10.6 Å². The number of nitrogens with two attached hydrogens (primary N) is 1. The van der Waals surface area contributed by atoms with E-state index < -0.39 is 0 Å². The maximum atomic E-state index is 13.7. The molecule has 2 aromatic rings. The minimum absolute atomic E-state index is 0.241. The Morgan fingerprint density at radius 1 is 1.32 bits per heavy atom. The van der Waals surface area contributed by atoms with Crippen molar-refractivity contribution in [3.8, 4) is 0 Å². The van der Waals surface area contributed by atoms with Gasteiger partial charge in [-0.2, -0.15) is 0 Å². The average molecular weight is 261 g/mol. The van der Waals surface area contributed by atoms with E-state index in [0.717, 1.165) is 18.9 Å². The maximum Gasteiger partial charge on any atom is 0.147 e. The number of aromatic nitrogens is 3. The second kappa shape index (κ2) is 5.07. The third-order valence-electron chi connectivity index (χ3n) is 3.48. The monoisotopic (exact) mass is 261 g/mol. The van der Waals surface area contributed by atoms with Crippen LogP contribution in [0.4, 0.5) is 4.39 Å². The Bertz CT molecular complexity index is 568. The highest BCUT2D eigenvalue weighted by Crippen LogP contribution is 2.18. The number of halogens is 1. The molecule has 0 radical (unpaired) electrons. The van der Waals surface area contributed by atoms with Crippen molar-refractivity contribution in [2.24, 2.45) is 5.73 Å². The lowest BCUT2D eigenvalue weighted by Crippen LogP contribution is -2.38. The summed E-state index contributed by atoms with van der Waals surface area (Å²) >= 11 is 0. The summed E-state index contributed by atoms with van der Waals surface area (Å²) in [5.74, 6) is 0.696. The highest BCUT2D eigenvalue weighted by atomic mass is 19.1. The molecule has 1 atom stereocenters. The second-order valence-corrected chi connectivity index (χ2v) is 4.80. The van der Waals surface area contributed by atoms with Crippen LogP contribution >= 0.6 is 0 Å². The second-order valence-electron chi connectivity index (χ2n) is 4.80. The molecule has 1 aliphatic rings. The molecule has 2 heterocycles. The summed E-state index contributed by atoms with van der Waals surface area (Å²) in [6, 6.07) is 6.35. The van der Waals surface area contributed by atoms with Gasteiger partial charge in [0.15, 0.2) is 0 Å². The summed E-state index contributed by atoms with van der Waals surface area (Å²) in [5, 5.41) is 7.95. The van der Waals surface area contributed by atoms with Crippen LogP contribution < -0.4 is 5.73 Å². The normalized spacial score (nSPS) is 17.2. The first kappa shape index (κ1) is 12.3. The highest BCUT2D eigenvalue weighted by molar-refractivity contribution is 5.21. The van der Waals surface area contributed by atoms with Crippen LogP contribution in [0.15, 0.2) is 30.6 Å². The third-order valence-corrected chi connectivity index (χ3v) is 3.48. The molecule has 6 heteroatoms. The summed E-state index contributed by atoms with van der Waals surface area (Å²) in [4.78, 5) is 2.18. The van der Waals surface area contributed by atoms with Crippen LogP contribution in [0.5, 0.6) is 0 Å². The number of nitrogens with zero attached hydrogens (tertiary/aromatic N) is 4. The van der Waals surface area contributed by atoms with Crippen LogP contribution in [0.25, 0.3) is 0 Å². The predicted molar refractivity (Wildman–Crippen MR) is 68.6 cm³/mol. The molecular formula is C13H16FN5. The maximum absolute atomic E-state index is 13.7. The Labute approximate surface area is 110 Å². The molecule has 19 heavy (non-hydrogen) atoms. The Morgan fingerprint density at radius 2 is 2.16 bits per heavy atom. The minimum Gasteiger partial charge on any atom is -0.323 e. The van der Waals surface area contributed by atoms with Crippen molar-refractivity contribution >= 4 is 0 Å². The number of hydrogen-bond donors (Lipinski definition) is 1. The Balaban J connectivity index is 1.68. The van der Waals surface area contributed by atoms with Crippen molar-refractivity contribution in [3.63, 3.8) is 0 Å². The molecule has 0 saturated heterocycles. The Morgan fingerprint density at radius 3 is 3.00 bits per heavy atom. The van der Waals surface area contributed by atoms with Crippen molar-refractivity contribution in [3.05, 3.63) is 47.8 Å². The fourth-order valence-electron chi connectivity index (χ4n) is 2.42. The molecule has 0 aliphatic carbocycles. The Hall–Kier alpha value is -1.79. The van der Waals surface area contributed by atoms with E-state index in [9.17, 15) is 4.39 Å². The van der Waals surface area contributed by atoms with Gasteiger partial charge < -0.3 is 10.3 Å². The van der Waals surface area contributed by atoms with E-state index in [1.54, 1.807) is 18.5 Å². The van der Waals surface area contributed by atoms with Gasteiger partial charge in [-0.05, 0) is 6.07 Å². The quantitative estimate of drug-likeness (QED) is 0.893. The molecule has 0 spiro atoms. The largest absolute Gasteiger partial charge is 0.323 e. The van der Waals surface area contributed by atoms with Crippen molar-refractivity contribution < 1.29 is 4.39 Å². The van der Waals surface area contributed by atoms with E-state index in [-0.39, 0.29) is 11.9 Å². The van der Waals surface area contributed by atoms with E-state index in [1.165, 1.54) is 6.07 Å². The van der Waals surface area contributed by atoms with Gasteiger partial charge in [0, 0.05) is 31.2 Å². The van der Waals surface area contributed by atoms with E-state index in [4.69, 9.17) is 5.73 Å². The molecule has 1 aromatic heterocycles. The zero-order chi connectivity index (χ0) is 13.2. The summed E-state index contributed by atoms with van der Waals surface area (Å²) < 4.78 is 15.7. The summed E-state index contributed by atoms with van der Waals surface area (Å²) in [6.45, 7) is 3.06. The topological polar surface area (TPSA) is 60.0 Å². The van der Waals surface area contributed by atoms with Crippen LogP contribution in [-0.4, -0.2) is 32.8 Å². The van der Waals surface area contributed by atoms with Crippen LogP contribution in [-0.2, 0) is 13.1 Å². The van der Waals surface area contributed by atoms with Crippen molar-refractivity contribution in [1.82, 2.24) is 19.7 Å². The number of benzene rings is 1. The van der Waals surface area contributed by atoms with E-state index >= 15 is 0 Å². The molecule has 1 unspecified atom stereocenters. The molecule has 0 fully saturated rings. The zero-order valence-electron chi connectivity index (χ0n) is 10.5. The van der Waals surface area contributed by atoms with Gasteiger partial charge in [0.05, 0.1) is 6.54 Å². The third kappa shape index (κ3) is 2.50. The molecule has 1 aromatic carbocycles. The van der Waals surface area contributed by atoms with E-state index in [2.05, 4.69) is 15.1 Å². The first-order chi connectivity index (χ1) is 9.24. The summed E-state index contributed by atoms with van der Waals surface area (Å²) in [6.07, 6.45) is 1.74. The fraction of sp³-hybridized carbons (Fsp3) is 0.385. The zero-order valence-corrected chi connectivity index (χ0v) is 10.5. The van der Waals surface area contributed by atoms with Gasteiger partial charge in [-0.15, -0.1) is 10.2 Å². The average Bonchev–Trinajstić information content (AvgIpc) is 2.86. The van der Waals surface area contributed by atoms with Crippen LogP contribution in [0.2, 0.25) is 0 Å². The number of hydrogen-bond acceptors (Lipinski definition) is 4. The van der Waals surface area contributed by atoms with Gasteiger partial charge in [-0.25, -0.2) is 4.39 Å². The van der Waals surface area contributed by atoms with Crippen LogP contribution in [0.1, 0.15) is 17.4 Å². The predicted octanol–water partition coefficient (Wildman–Crippen LogP) is 0.933. The van der Waals surface area contributed by atoms with Gasteiger partial charge in [-0.1, -0.05) is 18.2 Å². The molecule has 5 nitrogen and oxygen atoms in total. The number of fused-ring (bicyclic) bond motifs is 1. The lowest BCUT2D eigenvalue weighted by molar-refractivity contribution is 0.204. The van der Waals surface area contributed by atoms with Crippen LogP contribution in [0, 0.1) is 5.82 Å². The van der Waals surface area contributed by atoms with Crippen molar-refractivity contribution in [2.75, 3.05) is 13.1 Å². The van der Waals surface area contributed by atoms with E-state index in [0.29, 0.717) is 18.7 Å². The first-order valence-corrected chi connectivity index (χ1v) is 6.33. The Kier molecular flexibility index (Phi) is 3.27. The van der Waals surface area contributed by atoms with Crippen LogP contribution in [0.3, 0.4) is 0 Å². The first-order valence-electron chi connectivity index (χ1n) is 6.33. The van der Waals surface area contributed by atoms with Gasteiger partial charge in [0.2, 0.25) is 0 Å². The highest BCUT2D eigenvalue weighted by Gasteiger charge is 2.20. The summed E-state index contributed by atoms with van der Waals surface area (Å²) in [5.41, 5.74) is 6.66. The molecule has 0 saturated carbocycles. The smallest absolute Gasteiger partial charge is 0.147 e. The molecule has 100 valence electrons. The summed E-state index contributed by atoms with van der Waals surface area (Å²) in [7, 11) is 0. The van der Waals surface area contributed by atoms with Gasteiger partial charge >= 0.3 is 0 Å². The molecule has 2 N–H and O–H groups in total.